The standard InChI is InChI=1S/C11H17N3O/c1-2-15-7-6-10-13-9-5-3-4-8(9)11(12)14-10/h2-7H2,1H3,(H2,12,13,14). The fourth-order valence-electron chi connectivity index (χ4n) is 1.93. The van der Waals surface area contributed by atoms with Crippen LogP contribution in [-0.4, -0.2) is 23.2 Å². The molecule has 1 aliphatic rings. The number of rotatable bonds is 4. The van der Waals surface area contributed by atoms with E-state index in [1.165, 1.54) is 0 Å². The average Bonchev–Trinajstić information content (AvgIpc) is 2.66. The van der Waals surface area contributed by atoms with E-state index in [0.717, 1.165) is 49.4 Å². The first-order chi connectivity index (χ1) is 7.31. The van der Waals surface area contributed by atoms with Gasteiger partial charge in [0.1, 0.15) is 11.6 Å². The van der Waals surface area contributed by atoms with Crippen molar-refractivity contribution in [1.29, 1.82) is 0 Å². The zero-order valence-electron chi connectivity index (χ0n) is 9.12. The molecule has 0 radical (unpaired) electrons. The number of nitrogens with two attached hydrogens (primary N) is 1. The molecule has 4 nitrogen and oxygen atoms in total. The third kappa shape index (κ3) is 2.26. The van der Waals surface area contributed by atoms with Crippen LogP contribution in [0.3, 0.4) is 0 Å². The van der Waals surface area contributed by atoms with E-state index in [2.05, 4.69) is 9.97 Å². The molecule has 15 heavy (non-hydrogen) atoms. The minimum absolute atomic E-state index is 0.670. The lowest BCUT2D eigenvalue weighted by atomic mass is 10.2. The minimum Gasteiger partial charge on any atom is -0.383 e. The molecule has 2 N–H and O–H groups in total. The van der Waals surface area contributed by atoms with Gasteiger partial charge in [0.15, 0.2) is 0 Å². The van der Waals surface area contributed by atoms with Crippen molar-refractivity contribution in [3.8, 4) is 0 Å². The topological polar surface area (TPSA) is 61.0 Å². The zero-order valence-corrected chi connectivity index (χ0v) is 9.12. The molecule has 0 amide bonds. The number of fused-ring (bicyclic) bond motifs is 1. The number of anilines is 1. The van der Waals surface area contributed by atoms with Gasteiger partial charge in [0.2, 0.25) is 0 Å². The van der Waals surface area contributed by atoms with Gasteiger partial charge in [0, 0.05) is 24.3 Å². The van der Waals surface area contributed by atoms with Gasteiger partial charge < -0.3 is 10.5 Å². The van der Waals surface area contributed by atoms with Gasteiger partial charge >= 0.3 is 0 Å². The predicted octanol–water partition coefficient (Wildman–Crippen LogP) is 1.13. The molecular formula is C11H17N3O. The van der Waals surface area contributed by atoms with Crippen molar-refractivity contribution in [3.05, 3.63) is 17.1 Å². The number of aromatic nitrogens is 2. The molecule has 0 spiro atoms. The van der Waals surface area contributed by atoms with Gasteiger partial charge in [-0.05, 0) is 26.2 Å². The molecule has 0 saturated heterocycles. The third-order valence-corrected chi connectivity index (χ3v) is 2.69. The molecule has 0 unspecified atom stereocenters. The Balaban J connectivity index is 2.09. The van der Waals surface area contributed by atoms with Crippen molar-refractivity contribution >= 4 is 5.82 Å². The molecule has 0 aromatic carbocycles. The second-order valence-corrected chi connectivity index (χ2v) is 3.75. The first kappa shape index (κ1) is 10.4. The summed E-state index contributed by atoms with van der Waals surface area (Å²) in [5.41, 5.74) is 8.19. The number of aryl methyl sites for hydroxylation is 1. The van der Waals surface area contributed by atoms with Crippen LogP contribution >= 0.6 is 0 Å². The number of nitrogen functional groups attached to an aromatic ring is 1. The van der Waals surface area contributed by atoms with Crippen LogP contribution in [0.1, 0.15) is 30.4 Å². The van der Waals surface area contributed by atoms with Crippen LogP contribution < -0.4 is 5.73 Å². The van der Waals surface area contributed by atoms with Crippen LogP contribution in [-0.2, 0) is 24.0 Å². The van der Waals surface area contributed by atoms with Crippen molar-refractivity contribution in [2.24, 2.45) is 0 Å². The Labute approximate surface area is 89.9 Å². The maximum Gasteiger partial charge on any atom is 0.133 e. The summed E-state index contributed by atoms with van der Waals surface area (Å²) in [5, 5.41) is 0. The van der Waals surface area contributed by atoms with Crippen LogP contribution in [0.4, 0.5) is 5.82 Å². The molecule has 2 rings (SSSR count). The first-order valence-corrected chi connectivity index (χ1v) is 5.53. The lowest BCUT2D eigenvalue weighted by Crippen LogP contribution is -2.08. The van der Waals surface area contributed by atoms with E-state index in [0.29, 0.717) is 12.4 Å². The molecule has 82 valence electrons. The van der Waals surface area contributed by atoms with E-state index in [1.54, 1.807) is 0 Å². The Kier molecular flexibility index (Phi) is 3.16. The molecule has 0 saturated carbocycles. The second kappa shape index (κ2) is 4.57. The Morgan fingerprint density at radius 1 is 1.33 bits per heavy atom. The highest BCUT2D eigenvalue weighted by Gasteiger charge is 2.17. The van der Waals surface area contributed by atoms with E-state index in [1.807, 2.05) is 6.92 Å². The lowest BCUT2D eigenvalue weighted by Gasteiger charge is -2.06. The SMILES string of the molecule is CCOCCc1nc(N)c2c(n1)CCC2. The van der Waals surface area contributed by atoms with Gasteiger partial charge in [-0.1, -0.05) is 0 Å². The van der Waals surface area contributed by atoms with E-state index < -0.39 is 0 Å². The molecule has 1 aromatic rings. The average molecular weight is 207 g/mol. The molecule has 4 heteroatoms. The van der Waals surface area contributed by atoms with Crippen molar-refractivity contribution in [2.75, 3.05) is 18.9 Å². The summed E-state index contributed by atoms with van der Waals surface area (Å²) in [6, 6.07) is 0. The van der Waals surface area contributed by atoms with Crippen LogP contribution in [0.15, 0.2) is 0 Å². The monoisotopic (exact) mass is 207 g/mol. The third-order valence-electron chi connectivity index (χ3n) is 2.69. The number of nitrogens with zero attached hydrogens (tertiary/aromatic N) is 2. The van der Waals surface area contributed by atoms with Crippen molar-refractivity contribution in [1.82, 2.24) is 9.97 Å². The fourth-order valence-corrected chi connectivity index (χ4v) is 1.93. The summed E-state index contributed by atoms with van der Waals surface area (Å²) in [7, 11) is 0. The van der Waals surface area contributed by atoms with Crippen molar-refractivity contribution < 1.29 is 4.74 Å². The second-order valence-electron chi connectivity index (χ2n) is 3.75. The Bertz CT molecular complexity index is 352. The van der Waals surface area contributed by atoms with Gasteiger partial charge in [-0.2, -0.15) is 0 Å². The number of hydrogen-bond donors (Lipinski definition) is 1. The normalized spacial score (nSPS) is 14.2. The summed E-state index contributed by atoms with van der Waals surface area (Å²) in [6.45, 7) is 3.40. The molecule has 1 heterocycles. The highest BCUT2D eigenvalue weighted by Crippen LogP contribution is 2.24. The van der Waals surface area contributed by atoms with Crippen molar-refractivity contribution in [3.63, 3.8) is 0 Å². The summed E-state index contributed by atoms with van der Waals surface area (Å²) < 4.78 is 5.28. The van der Waals surface area contributed by atoms with Gasteiger partial charge in [0.05, 0.1) is 6.61 Å². The Hall–Kier alpha value is -1.16. The van der Waals surface area contributed by atoms with E-state index in [-0.39, 0.29) is 0 Å². The highest BCUT2D eigenvalue weighted by atomic mass is 16.5. The van der Waals surface area contributed by atoms with Crippen LogP contribution in [0, 0.1) is 0 Å². The van der Waals surface area contributed by atoms with E-state index in [4.69, 9.17) is 10.5 Å². The summed E-state index contributed by atoms with van der Waals surface area (Å²) in [4.78, 5) is 8.82. The number of hydrogen-bond acceptors (Lipinski definition) is 4. The fraction of sp³-hybridized carbons (Fsp3) is 0.636. The Morgan fingerprint density at radius 3 is 3.00 bits per heavy atom. The minimum atomic E-state index is 0.670. The van der Waals surface area contributed by atoms with Gasteiger partial charge in [-0.3, -0.25) is 0 Å². The smallest absolute Gasteiger partial charge is 0.133 e. The molecule has 0 bridgehead atoms. The predicted molar refractivity (Wildman–Crippen MR) is 58.7 cm³/mol. The maximum absolute atomic E-state index is 5.89. The Morgan fingerprint density at radius 2 is 2.20 bits per heavy atom. The van der Waals surface area contributed by atoms with E-state index in [9.17, 15) is 0 Å². The molecule has 0 atom stereocenters. The van der Waals surface area contributed by atoms with Crippen LogP contribution in [0.25, 0.3) is 0 Å². The van der Waals surface area contributed by atoms with Crippen molar-refractivity contribution in [2.45, 2.75) is 32.6 Å². The van der Waals surface area contributed by atoms with Gasteiger partial charge in [0.25, 0.3) is 0 Å². The first-order valence-electron chi connectivity index (χ1n) is 5.53. The molecule has 0 aliphatic heterocycles. The maximum atomic E-state index is 5.89. The summed E-state index contributed by atoms with van der Waals surface area (Å²) in [6.07, 6.45) is 3.99. The molecular weight excluding hydrogens is 190 g/mol. The van der Waals surface area contributed by atoms with Crippen LogP contribution in [0.2, 0.25) is 0 Å². The molecule has 1 aliphatic carbocycles. The number of ether oxygens (including phenoxy) is 1. The molecule has 0 fully saturated rings. The van der Waals surface area contributed by atoms with Gasteiger partial charge in [-0.25, -0.2) is 9.97 Å². The molecule has 1 aromatic heterocycles. The largest absolute Gasteiger partial charge is 0.383 e. The van der Waals surface area contributed by atoms with E-state index >= 15 is 0 Å². The lowest BCUT2D eigenvalue weighted by molar-refractivity contribution is 0.149. The van der Waals surface area contributed by atoms with Crippen LogP contribution in [0.5, 0.6) is 0 Å². The summed E-state index contributed by atoms with van der Waals surface area (Å²) >= 11 is 0. The highest BCUT2D eigenvalue weighted by molar-refractivity contribution is 5.44. The quantitative estimate of drug-likeness (QED) is 0.752. The zero-order chi connectivity index (χ0) is 10.7. The summed E-state index contributed by atoms with van der Waals surface area (Å²) in [5.74, 6) is 1.49. The van der Waals surface area contributed by atoms with Gasteiger partial charge in [-0.15, -0.1) is 0 Å².